The van der Waals surface area contributed by atoms with Gasteiger partial charge in [0.25, 0.3) is 5.91 Å². The first-order valence-electron chi connectivity index (χ1n) is 6.50. The summed E-state index contributed by atoms with van der Waals surface area (Å²) in [4.78, 5) is 14.5. The predicted octanol–water partition coefficient (Wildman–Crippen LogP) is 2.30. The van der Waals surface area contributed by atoms with Crippen molar-refractivity contribution in [1.82, 2.24) is 14.7 Å². The Labute approximate surface area is 111 Å². The highest BCUT2D eigenvalue weighted by molar-refractivity contribution is 5.95. The summed E-state index contributed by atoms with van der Waals surface area (Å²) in [6.45, 7) is 2.62. The molecule has 1 unspecified atom stereocenters. The Morgan fingerprint density at radius 1 is 1.53 bits per heavy atom. The van der Waals surface area contributed by atoms with Crippen molar-refractivity contribution in [1.29, 1.82) is 0 Å². The Balaban J connectivity index is 1.88. The molecule has 1 amide bonds. The number of nitrogens with zero attached hydrogens (tertiary/aromatic N) is 3. The van der Waals surface area contributed by atoms with Crippen molar-refractivity contribution in [2.75, 3.05) is 6.54 Å². The second kappa shape index (κ2) is 4.57. The van der Waals surface area contributed by atoms with Crippen LogP contribution in [0, 0.1) is 6.92 Å². The van der Waals surface area contributed by atoms with Gasteiger partial charge in [0.05, 0.1) is 24.1 Å². The normalized spacial score (nSPS) is 19.1. The van der Waals surface area contributed by atoms with E-state index in [-0.39, 0.29) is 11.9 Å². The van der Waals surface area contributed by atoms with E-state index in [2.05, 4.69) is 5.10 Å². The molecular weight excluding hydrogens is 242 g/mol. The molecule has 1 atom stereocenters. The fourth-order valence-corrected chi connectivity index (χ4v) is 2.73. The van der Waals surface area contributed by atoms with Gasteiger partial charge >= 0.3 is 0 Å². The Morgan fingerprint density at radius 2 is 2.37 bits per heavy atom. The van der Waals surface area contributed by atoms with E-state index < -0.39 is 0 Å². The molecule has 5 nitrogen and oxygen atoms in total. The molecule has 3 heterocycles. The molecule has 0 bridgehead atoms. The zero-order valence-corrected chi connectivity index (χ0v) is 11.2. The molecule has 19 heavy (non-hydrogen) atoms. The molecule has 0 spiro atoms. The van der Waals surface area contributed by atoms with E-state index in [9.17, 15) is 4.79 Å². The molecular formula is C14H17N3O2. The molecule has 3 rings (SSSR count). The summed E-state index contributed by atoms with van der Waals surface area (Å²) < 4.78 is 7.00. The van der Waals surface area contributed by atoms with Crippen LogP contribution in [-0.2, 0) is 7.05 Å². The molecule has 0 N–H and O–H groups in total. The third kappa shape index (κ3) is 2.05. The molecule has 2 aromatic heterocycles. The summed E-state index contributed by atoms with van der Waals surface area (Å²) in [5.74, 6) is 0.736. The quantitative estimate of drug-likeness (QED) is 0.831. The topological polar surface area (TPSA) is 51.3 Å². The van der Waals surface area contributed by atoms with Gasteiger partial charge < -0.3 is 9.32 Å². The lowest BCUT2D eigenvalue weighted by Gasteiger charge is -2.23. The highest BCUT2D eigenvalue weighted by atomic mass is 16.3. The van der Waals surface area contributed by atoms with E-state index in [0.29, 0.717) is 11.3 Å². The highest BCUT2D eigenvalue weighted by Crippen LogP contribution is 2.33. The lowest BCUT2D eigenvalue weighted by Crippen LogP contribution is -2.30. The Kier molecular flexibility index (Phi) is 2.89. The van der Waals surface area contributed by atoms with Crippen LogP contribution in [-0.4, -0.2) is 27.1 Å². The number of furan rings is 1. The zero-order valence-electron chi connectivity index (χ0n) is 11.2. The van der Waals surface area contributed by atoms with Crippen LogP contribution in [0.3, 0.4) is 0 Å². The van der Waals surface area contributed by atoms with Crippen LogP contribution in [0.25, 0.3) is 0 Å². The average Bonchev–Trinajstić information content (AvgIpc) is 3.07. The largest absolute Gasteiger partial charge is 0.469 e. The number of hydrogen-bond acceptors (Lipinski definition) is 3. The van der Waals surface area contributed by atoms with Gasteiger partial charge in [-0.15, -0.1) is 0 Å². The number of amides is 1. The van der Waals surface area contributed by atoms with Crippen molar-refractivity contribution in [3.05, 3.63) is 41.6 Å². The molecule has 2 aromatic rings. The van der Waals surface area contributed by atoms with Gasteiger partial charge in [-0.3, -0.25) is 9.48 Å². The fourth-order valence-electron chi connectivity index (χ4n) is 2.73. The van der Waals surface area contributed by atoms with E-state index in [1.807, 2.05) is 31.3 Å². The van der Waals surface area contributed by atoms with Gasteiger partial charge in [-0.05, 0) is 25.8 Å². The number of rotatable bonds is 2. The Hall–Kier alpha value is -2.04. The lowest BCUT2D eigenvalue weighted by molar-refractivity contribution is 0.0734. The second-order valence-corrected chi connectivity index (χ2v) is 4.99. The van der Waals surface area contributed by atoms with Crippen LogP contribution in [0.4, 0.5) is 0 Å². The van der Waals surface area contributed by atoms with Gasteiger partial charge in [0, 0.05) is 25.4 Å². The van der Waals surface area contributed by atoms with Gasteiger partial charge in [0.15, 0.2) is 0 Å². The first-order chi connectivity index (χ1) is 9.16. The molecule has 5 heteroatoms. The maximum Gasteiger partial charge on any atom is 0.257 e. The van der Waals surface area contributed by atoms with Crippen LogP contribution in [0.1, 0.15) is 40.6 Å². The third-order valence-corrected chi connectivity index (χ3v) is 3.71. The smallest absolute Gasteiger partial charge is 0.257 e. The molecule has 0 saturated carbocycles. The molecule has 100 valence electrons. The highest BCUT2D eigenvalue weighted by Gasteiger charge is 2.32. The standard InChI is InChI=1S/C14H17N3O2/c1-10-12(5-7-19-10)14(18)17-6-3-4-13(17)11-8-15-16(2)9-11/h5,7-9,13H,3-4,6H2,1-2H3. The Bertz CT molecular complexity index is 599. The van der Waals surface area contributed by atoms with Crippen LogP contribution < -0.4 is 0 Å². The lowest BCUT2D eigenvalue weighted by atomic mass is 10.1. The molecule has 1 aliphatic heterocycles. The fraction of sp³-hybridized carbons (Fsp3) is 0.429. The molecule has 0 aliphatic carbocycles. The SMILES string of the molecule is Cc1occc1C(=O)N1CCCC1c1cnn(C)c1. The monoisotopic (exact) mass is 259 g/mol. The molecule has 1 aliphatic rings. The van der Waals surface area contributed by atoms with Gasteiger partial charge in [-0.1, -0.05) is 0 Å². The van der Waals surface area contributed by atoms with Crippen LogP contribution in [0.5, 0.6) is 0 Å². The van der Waals surface area contributed by atoms with E-state index in [0.717, 1.165) is 24.9 Å². The minimum Gasteiger partial charge on any atom is -0.469 e. The van der Waals surface area contributed by atoms with Crippen molar-refractivity contribution >= 4 is 5.91 Å². The molecule has 0 aromatic carbocycles. The van der Waals surface area contributed by atoms with E-state index >= 15 is 0 Å². The number of aromatic nitrogens is 2. The van der Waals surface area contributed by atoms with E-state index in [1.54, 1.807) is 17.0 Å². The van der Waals surface area contributed by atoms with Gasteiger partial charge in [-0.25, -0.2) is 0 Å². The summed E-state index contributed by atoms with van der Waals surface area (Å²) >= 11 is 0. The van der Waals surface area contributed by atoms with Crippen molar-refractivity contribution < 1.29 is 9.21 Å². The Morgan fingerprint density at radius 3 is 3.00 bits per heavy atom. The van der Waals surface area contributed by atoms with Crippen molar-refractivity contribution in [2.45, 2.75) is 25.8 Å². The second-order valence-electron chi connectivity index (χ2n) is 4.99. The van der Waals surface area contributed by atoms with Crippen LogP contribution >= 0.6 is 0 Å². The number of likely N-dealkylation sites (tertiary alicyclic amines) is 1. The summed E-state index contributed by atoms with van der Waals surface area (Å²) in [6.07, 6.45) is 7.42. The first-order valence-corrected chi connectivity index (χ1v) is 6.50. The summed E-state index contributed by atoms with van der Waals surface area (Å²) in [7, 11) is 1.89. The maximum atomic E-state index is 12.6. The third-order valence-electron chi connectivity index (χ3n) is 3.71. The number of carbonyl (C=O) groups is 1. The summed E-state index contributed by atoms with van der Waals surface area (Å²) in [6, 6.07) is 1.88. The zero-order chi connectivity index (χ0) is 13.4. The van der Waals surface area contributed by atoms with Gasteiger partial charge in [0.1, 0.15) is 5.76 Å². The minimum atomic E-state index is 0.0533. The maximum absolute atomic E-state index is 12.6. The number of aryl methyl sites for hydroxylation is 2. The van der Waals surface area contributed by atoms with E-state index in [1.165, 1.54) is 0 Å². The first kappa shape index (κ1) is 12.0. The van der Waals surface area contributed by atoms with Crippen molar-refractivity contribution in [2.24, 2.45) is 7.05 Å². The van der Waals surface area contributed by atoms with Crippen LogP contribution in [0.2, 0.25) is 0 Å². The van der Waals surface area contributed by atoms with E-state index in [4.69, 9.17) is 4.42 Å². The molecule has 1 saturated heterocycles. The summed E-state index contributed by atoms with van der Waals surface area (Å²) in [5.41, 5.74) is 1.77. The minimum absolute atomic E-state index is 0.0533. The number of hydrogen-bond donors (Lipinski definition) is 0. The number of carbonyl (C=O) groups excluding carboxylic acids is 1. The summed E-state index contributed by atoms with van der Waals surface area (Å²) in [5, 5.41) is 4.20. The predicted molar refractivity (Wildman–Crippen MR) is 69.7 cm³/mol. The van der Waals surface area contributed by atoms with Crippen LogP contribution in [0.15, 0.2) is 29.1 Å². The molecule has 0 radical (unpaired) electrons. The molecule has 1 fully saturated rings. The average molecular weight is 259 g/mol. The van der Waals surface area contributed by atoms with Gasteiger partial charge in [-0.2, -0.15) is 5.10 Å². The van der Waals surface area contributed by atoms with Crippen molar-refractivity contribution in [3.8, 4) is 0 Å². The van der Waals surface area contributed by atoms with Crippen molar-refractivity contribution in [3.63, 3.8) is 0 Å². The van der Waals surface area contributed by atoms with Gasteiger partial charge in [0.2, 0.25) is 0 Å².